The van der Waals surface area contributed by atoms with Crippen LogP contribution in [0.3, 0.4) is 0 Å². The molecule has 0 saturated carbocycles. The summed E-state index contributed by atoms with van der Waals surface area (Å²) in [4.78, 5) is 14.7. The van der Waals surface area contributed by atoms with Crippen molar-refractivity contribution in [2.75, 3.05) is 5.75 Å². The van der Waals surface area contributed by atoms with Gasteiger partial charge in [-0.2, -0.15) is 0 Å². The monoisotopic (exact) mass is 303 g/mol. The first-order valence-electron chi connectivity index (χ1n) is 4.46. The summed E-state index contributed by atoms with van der Waals surface area (Å²) < 4.78 is 13.7. The summed E-state index contributed by atoms with van der Waals surface area (Å²) in [5.41, 5.74) is 0.612. The molecule has 0 spiro atoms. The second-order valence-electron chi connectivity index (χ2n) is 3.26. The van der Waals surface area contributed by atoms with Gasteiger partial charge in [-0.1, -0.05) is 15.9 Å². The van der Waals surface area contributed by atoms with E-state index in [4.69, 9.17) is 5.11 Å². The topological polar surface area (TPSA) is 49.7 Å². The second-order valence-corrected chi connectivity index (χ2v) is 5.18. The van der Waals surface area contributed by atoms with Gasteiger partial charge in [0.05, 0.1) is 5.04 Å². The Morgan fingerprint density at radius 1 is 1.56 bits per heavy atom. The van der Waals surface area contributed by atoms with E-state index in [1.807, 2.05) is 0 Å². The van der Waals surface area contributed by atoms with Crippen LogP contribution in [-0.2, 0) is 4.79 Å². The predicted octanol–water partition coefficient (Wildman–Crippen LogP) is 2.53. The lowest BCUT2D eigenvalue weighted by Crippen LogP contribution is -2.17. The van der Waals surface area contributed by atoms with E-state index in [1.165, 1.54) is 23.9 Å². The van der Waals surface area contributed by atoms with Crippen molar-refractivity contribution in [3.8, 4) is 0 Å². The van der Waals surface area contributed by atoms with E-state index in [1.54, 1.807) is 6.07 Å². The van der Waals surface area contributed by atoms with Gasteiger partial charge in [-0.05, 0) is 18.2 Å². The van der Waals surface area contributed by atoms with Crippen LogP contribution >= 0.6 is 27.7 Å². The fourth-order valence-electron chi connectivity index (χ4n) is 1.34. The fraction of sp³-hybridized carbons (Fsp3) is 0.200. The van der Waals surface area contributed by atoms with Crippen LogP contribution in [0.4, 0.5) is 4.39 Å². The van der Waals surface area contributed by atoms with Crippen molar-refractivity contribution >= 4 is 38.7 Å². The minimum absolute atomic E-state index is 0.369. The first kappa shape index (κ1) is 11.6. The Hall–Kier alpha value is -0.880. The van der Waals surface area contributed by atoms with Crippen LogP contribution in [0.1, 0.15) is 5.56 Å². The average molecular weight is 304 g/mol. The molecule has 0 amide bonds. The van der Waals surface area contributed by atoms with Crippen LogP contribution in [0.15, 0.2) is 27.7 Å². The number of carboxylic acids is 1. The van der Waals surface area contributed by atoms with E-state index in [2.05, 4.69) is 20.9 Å². The average Bonchev–Trinajstić information content (AvgIpc) is 2.64. The number of aliphatic carboxylic acids is 1. The first-order valence-corrected chi connectivity index (χ1v) is 6.24. The van der Waals surface area contributed by atoms with Crippen LogP contribution in [0.25, 0.3) is 0 Å². The molecule has 1 unspecified atom stereocenters. The molecule has 1 aromatic carbocycles. The van der Waals surface area contributed by atoms with Crippen molar-refractivity contribution in [3.05, 3.63) is 34.1 Å². The Kier molecular flexibility index (Phi) is 3.30. The Morgan fingerprint density at radius 3 is 2.88 bits per heavy atom. The molecule has 84 valence electrons. The molecule has 6 heteroatoms. The van der Waals surface area contributed by atoms with Crippen LogP contribution in [0, 0.1) is 5.82 Å². The molecule has 0 saturated heterocycles. The highest BCUT2D eigenvalue weighted by atomic mass is 79.9. The van der Waals surface area contributed by atoms with Crippen molar-refractivity contribution in [2.24, 2.45) is 4.99 Å². The molecular formula is C10H7BrFNO2S. The lowest BCUT2D eigenvalue weighted by atomic mass is 10.2. The standard InChI is InChI=1S/C10H7BrFNO2S/c11-6-1-5(2-7(12)3-6)9-13-8(4-16-9)10(14)15/h1-3,8H,4H2,(H,14,15). The molecule has 1 atom stereocenters. The molecule has 0 aromatic heterocycles. The van der Waals surface area contributed by atoms with Gasteiger partial charge in [-0.25, -0.2) is 9.18 Å². The maximum absolute atomic E-state index is 13.1. The molecular weight excluding hydrogens is 297 g/mol. The summed E-state index contributed by atoms with van der Waals surface area (Å²) in [6, 6.07) is 3.69. The Labute approximate surface area is 104 Å². The quantitative estimate of drug-likeness (QED) is 0.913. The van der Waals surface area contributed by atoms with Gasteiger partial charge in [-0.15, -0.1) is 11.8 Å². The number of nitrogens with zero attached hydrogens (tertiary/aromatic N) is 1. The number of rotatable bonds is 2. The Morgan fingerprint density at radius 2 is 2.31 bits per heavy atom. The van der Waals surface area contributed by atoms with Gasteiger partial charge in [0.15, 0.2) is 6.04 Å². The SMILES string of the molecule is O=C(O)C1CSC(c2cc(F)cc(Br)c2)=N1. The highest BCUT2D eigenvalue weighted by Crippen LogP contribution is 2.26. The van der Waals surface area contributed by atoms with Crippen molar-refractivity contribution in [1.29, 1.82) is 0 Å². The zero-order valence-electron chi connectivity index (χ0n) is 7.98. The maximum atomic E-state index is 13.1. The molecule has 1 N–H and O–H groups in total. The van der Waals surface area contributed by atoms with Gasteiger partial charge in [0, 0.05) is 15.8 Å². The second kappa shape index (κ2) is 4.55. The summed E-state index contributed by atoms with van der Waals surface area (Å²) >= 11 is 4.51. The summed E-state index contributed by atoms with van der Waals surface area (Å²) in [5, 5.41) is 9.36. The number of hydrogen-bond donors (Lipinski definition) is 1. The number of thioether (sulfide) groups is 1. The smallest absolute Gasteiger partial charge is 0.329 e. The van der Waals surface area contributed by atoms with Gasteiger partial charge >= 0.3 is 5.97 Å². The molecule has 1 heterocycles. The normalized spacial score (nSPS) is 19.6. The minimum Gasteiger partial charge on any atom is -0.480 e. The van der Waals surface area contributed by atoms with Crippen molar-refractivity contribution in [1.82, 2.24) is 0 Å². The van der Waals surface area contributed by atoms with Gasteiger partial charge in [0.2, 0.25) is 0 Å². The molecule has 0 radical (unpaired) electrons. The zero-order valence-corrected chi connectivity index (χ0v) is 10.4. The van der Waals surface area contributed by atoms with Gasteiger partial charge in [-0.3, -0.25) is 4.99 Å². The van der Waals surface area contributed by atoms with Crippen LogP contribution < -0.4 is 0 Å². The third kappa shape index (κ3) is 2.44. The highest BCUT2D eigenvalue weighted by Gasteiger charge is 2.25. The van der Waals surface area contributed by atoms with Gasteiger partial charge in [0.25, 0.3) is 0 Å². The van der Waals surface area contributed by atoms with Crippen molar-refractivity contribution in [3.63, 3.8) is 0 Å². The summed E-state index contributed by atoms with van der Waals surface area (Å²) in [6.45, 7) is 0. The molecule has 1 aromatic rings. The molecule has 3 nitrogen and oxygen atoms in total. The van der Waals surface area contributed by atoms with Crippen molar-refractivity contribution in [2.45, 2.75) is 6.04 Å². The minimum atomic E-state index is -0.946. The third-order valence-electron chi connectivity index (χ3n) is 2.05. The molecule has 2 rings (SSSR count). The summed E-state index contributed by atoms with van der Waals surface area (Å²) in [5.74, 6) is -0.914. The number of halogens is 2. The molecule has 0 bridgehead atoms. The zero-order chi connectivity index (χ0) is 11.7. The molecule has 16 heavy (non-hydrogen) atoms. The maximum Gasteiger partial charge on any atom is 0.329 e. The highest BCUT2D eigenvalue weighted by molar-refractivity contribution is 9.10. The Balaban J connectivity index is 2.32. The van der Waals surface area contributed by atoms with E-state index in [0.29, 0.717) is 20.8 Å². The predicted molar refractivity (Wildman–Crippen MR) is 64.5 cm³/mol. The largest absolute Gasteiger partial charge is 0.480 e. The molecule has 1 aliphatic heterocycles. The number of hydrogen-bond acceptors (Lipinski definition) is 3. The number of aliphatic imine (C=N–C) groups is 1. The van der Waals surface area contributed by atoms with Crippen LogP contribution in [0.2, 0.25) is 0 Å². The van der Waals surface area contributed by atoms with E-state index in [-0.39, 0.29) is 5.82 Å². The third-order valence-corrected chi connectivity index (χ3v) is 3.60. The first-order chi connectivity index (χ1) is 7.56. The fourth-order valence-corrected chi connectivity index (χ4v) is 2.82. The van der Waals surface area contributed by atoms with E-state index >= 15 is 0 Å². The summed E-state index contributed by atoms with van der Waals surface area (Å²) in [7, 11) is 0. The van der Waals surface area contributed by atoms with Gasteiger partial charge in [0.1, 0.15) is 5.82 Å². The molecule has 1 aliphatic rings. The van der Waals surface area contributed by atoms with Crippen molar-refractivity contribution < 1.29 is 14.3 Å². The number of benzene rings is 1. The van der Waals surface area contributed by atoms with Crippen LogP contribution in [0.5, 0.6) is 0 Å². The van der Waals surface area contributed by atoms with E-state index in [0.717, 1.165) is 0 Å². The number of carbonyl (C=O) groups is 1. The van der Waals surface area contributed by atoms with E-state index in [9.17, 15) is 9.18 Å². The van der Waals surface area contributed by atoms with Gasteiger partial charge < -0.3 is 5.11 Å². The summed E-state index contributed by atoms with van der Waals surface area (Å²) in [6.07, 6.45) is 0. The molecule has 0 aliphatic carbocycles. The molecule has 0 fully saturated rings. The lowest BCUT2D eigenvalue weighted by molar-refractivity contribution is -0.137. The Bertz CT molecular complexity index is 458. The van der Waals surface area contributed by atoms with E-state index < -0.39 is 12.0 Å². The van der Waals surface area contributed by atoms with Crippen LogP contribution in [-0.4, -0.2) is 27.9 Å². The lowest BCUT2D eigenvalue weighted by Gasteiger charge is -2.00. The number of carboxylic acid groups (broad SMARTS) is 1.